The lowest BCUT2D eigenvalue weighted by Crippen LogP contribution is -2.06. The Morgan fingerprint density at radius 1 is 1.29 bits per heavy atom. The Kier molecular flexibility index (Phi) is 5.53. The summed E-state index contributed by atoms with van der Waals surface area (Å²) in [5.74, 6) is 0.0770. The highest BCUT2D eigenvalue weighted by molar-refractivity contribution is 5.99. The summed E-state index contributed by atoms with van der Waals surface area (Å²) in [6, 6.07) is 5.52. The van der Waals surface area contributed by atoms with Crippen molar-refractivity contribution in [2.24, 2.45) is 4.99 Å². The van der Waals surface area contributed by atoms with Crippen molar-refractivity contribution >= 4 is 11.5 Å². The van der Waals surface area contributed by atoms with Gasteiger partial charge in [-0.1, -0.05) is 26.3 Å². The molecule has 1 aromatic heterocycles. The highest BCUT2D eigenvalue weighted by atomic mass is 16.1. The van der Waals surface area contributed by atoms with E-state index in [0.29, 0.717) is 12.1 Å². The summed E-state index contributed by atoms with van der Waals surface area (Å²) in [7, 11) is 0. The molecule has 0 N–H and O–H groups in total. The Hall–Kier alpha value is -1.51. The van der Waals surface area contributed by atoms with Gasteiger partial charge in [-0.25, -0.2) is 4.98 Å². The summed E-state index contributed by atoms with van der Waals surface area (Å²) in [4.78, 5) is 20.3. The summed E-state index contributed by atoms with van der Waals surface area (Å²) in [6.45, 7) is 6.76. The van der Waals surface area contributed by atoms with Crippen molar-refractivity contribution in [2.75, 3.05) is 6.54 Å². The van der Waals surface area contributed by atoms with E-state index >= 15 is 0 Å². The molecule has 0 aliphatic heterocycles. The molecule has 0 aliphatic carbocycles. The van der Waals surface area contributed by atoms with Crippen LogP contribution in [0.2, 0.25) is 0 Å². The summed E-state index contributed by atoms with van der Waals surface area (Å²) in [6.07, 6.45) is 2.71. The lowest BCUT2D eigenvalue weighted by molar-refractivity contribution is 0.0983. The van der Waals surface area contributed by atoms with Crippen LogP contribution in [0.1, 0.15) is 56.2 Å². The number of unbranched alkanes of at least 4 members (excludes halogenated alkanes) is 1. The van der Waals surface area contributed by atoms with Gasteiger partial charge in [-0.15, -0.1) is 0 Å². The molecule has 0 radical (unpaired) electrons. The average molecular weight is 232 g/mol. The Morgan fingerprint density at radius 2 is 2.00 bits per heavy atom. The third kappa shape index (κ3) is 4.10. The molecule has 0 saturated carbocycles. The molecular formula is C14H20N2O. The van der Waals surface area contributed by atoms with Gasteiger partial charge in [0.15, 0.2) is 5.78 Å². The number of aliphatic imine (C=N–C) groups is 1. The van der Waals surface area contributed by atoms with Crippen LogP contribution in [-0.4, -0.2) is 23.0 Å². The molecule has 0 bridgehead atoms. The minimum atomic E-state index is 0.0770. The third-order valence-corrected chi connectivity index (χ3v) is 2.59. The SMILES string of the molecule is CCCC/N=C(\C)c1cccc(C(=O)CC)n1. The van der Waals surface area contributed by atoms with Crippen LogP contribution in [0, 0.1) is 0 Å². The molecule has 3 nitrogen and oxygen atoms in total. The number of nitrogens with zero attached hydrogens (tertiary/aromatic N) is 2. The standard InChI is InChI=1S/C14H20N2O/c1-4-6-10-15-11(3)12-8-7-9-13(16-12)14(17)5-2/h7-9H,4-6,10H2,1-3H3/b15-11+. The zero-order valence-electron chi connectivity index (χ0n) is 10.9. The summed E-state index contributed by atoms with van der Waals surface area (Å²) in [5.41, 5.74) is 2.25. The van der Waals surface area contributed by atoms with E-state index in [1.807, 2.05) is 26.0 Å². The van der Waals surface area contributed by atoms with Gasteiger partial charge >= 0.3 is 0 Å². The van der Waals surface area contributed by atoms with Crippen molar-refractivity contribution in [1.29, 1.82) is 0 Å². The van der Waals surface area contributed by atoms with E-state index in [2.05, 4.69) is 16.9 Å². The molecule has 0 aromatic carbocycles. The predicted molar refractivity (Wildman–Crippen MR) is 70.8 cm³/mol. The van der Waals surface area contributed by atoms with Crippen molar-refractivity contribution in [3.8, 4) is 0 Å². The smallest absolute Gasteiger partial charge is 0.180 e. The predicted octanol–water partition coefficient (Wildman–Crippen LogP) is 3.28. The van der Waals surface area contributed by atoms with E-state index < -0.39 is 0 Å². The molecule has 3 heteroatoms. The van der Waals surface area contributed by atoms with Crippen LogP contribution < -0.4 is 0 Å². The highest BCUT2D eigenvalue weighted by Crippen LogP contribution is 2.04. The number of aromatic nitrogens is 1. The monoisotopic (exact) mass is 232 g/mol. The van der Waals surface area contributed by atoms with Gasteiger partial charge in [-0.2, -0.15) is 0 Å². The summed E-state index contributed by atoms with van der Waals surface area (Å²) >= 11 is 0. The van der Waals surface area contributed by atoms with Crippen molar-refractivity contribution < 1.29 is 4.79 Å². The first kappa shape index (κ1) is 13.6. The fourth-order valence-corrected chi connectivity index (χ4v) is 1.46. The highest BCUT2D eigenvalue weighted by Gasteiger charge is 2.06. The van der Waals surface area contributed by atoms with Gasteiger partial charge in [-0.05, 0) is 25.5 Å². The number of pyridine rings is 1. The maximum atomic E-state index is 11.5. The van der Waals surface area contributed by atoms with Crippen LogP contribution in [0.15, 0.2) is 23.2 Å². The van der Waals surface area contributed by atoms with Gasteiger partial charge in [-0.3, -0.25) is 9.79 Å². The zero-order valence-corrected chi connectivity index (χ0v) is 10.9. The fourth-order valence-electron chi connectivity index (χ4n) is 1.46. The summed E-state index contributed by atoms with van der Waals surface area (Å²) < 4.78 is 0. The van der Waals surface area contributed by atoms with Gasteiger partial charge in [0.25, 0.3) is 0 Å². The molecular weight excluding hydrogens is 212 g/mol. The largest absolute Gasteiger partial charge is 0.292 e. The Morgan fingerprint density at radius 3 is 2.65 bits per heavy atom. The lowest BCUT2D eigenvalue weighted by Gasteiger charge is -2.03. The van der Waals surface area contributed by atoms with E-state index in [9.17, 15) is 4.79 Å². The number of carbonyl (C=O) groups excluding carboxylic acids is 1. The lowest BCUT2D eigenvalue weighted by atomic mass is 10.2. The van der Waals surface area contributed by atoms with Gasteiger partial charge in [0.1, 0.15) is 5.69 Å². The average Bonchev–Trinajstić information content (AvgIpc) is 2.38. The molecule has 0 unspecified atom stereocenters. The second-order valence-electron chi connectivity index (χ2n) is 4.01. The molecule has 0 spiro atoms. The number of Topliss-reactive ketones (excluding diaryl/α,β-unsaturated/α-hetero) is 1. The minimum absolute atomic E-state index is 0.0770. The molecule has 0 fully saturated rings. The molecule has 1 heterocycles. The number of rotatable bonds is 6. The van der Waals surface area contributed by atoms with Gasteiger partial charge in [0, 0.05) is 13.0 Å². The fraction of sp³-hybridized carbons (Fsp3) is 0.500. The van der Waals surface area contributed by atoms with Crippen LogP contribution >= 0.6 is 0 Å². The van der Waals surface area contributed by atoms with Crippen LogP contribution in [0.3, 0.4) is 0 Å². The topological polar surface area (TPSA) is 42.3 Å². The van der Waals surface area contributed by atoms with Crippen molar-refractivity contribution in [3.05, 3.63) is 29.6 Å². The van der Waals surface area contributed by atoms with Crippen molar-refractivity contribution in [3.63, 3.8) is 0 Å². The Labute approximate surface area is 103 Å². The van der Waals surface area contributed by atoms with Crippen molar-refractivity contribution in [1.82, 2.24) is 4.98 Å². The zero-order chi connectivity index (χ0) is 12.7. The molecule has 0 saturated heterocycles. The van der Waals surface area contributed by atoms with Gasteiger partial charge < -0.3 is 0 Å². The Bertz CT molecular complexity index is 410. The number of hydrogen-bond donors (Lipinski definition) is 0. The van der Waals surface area contributed by atoms with Crippen LogP contribution in [0.4, 0.5) is 0 Å². The molecule has 1 rings (SSSR count). The second-order valence-corrected chi connectivity index (χ2v) is 4.01. The number of carbonyl (C=O) groups is 1. The molecule has 92 valence electrons. The van der Waals surface area contributed by atoms with Crippen LogP contribution in [-0.2, 0) is 0 Å². The van der Waals surface area contributed by atoms with Crippen molar-refractivity contribution in [2.45, 2.75) is 40.0 Å². The van der Waals surface area contributed by atoms with Gasteiger partial charge in [0.05, 0.1) is 11.4 Å². The normalized spacial score (nSPS) is 11.6. The third-order valence-electron chi connectivity index (χ3n) is 2.59. The number of ketones is 1. The Balaban J connectivity index is 2.84. The first-order valence-corrected chi connectivity index (χ1v) is 6.20. The van der Waals surface area contributed by atoms with Crippen LogP contribution in [0.25, 0.3) is 0 Å². The van der Waals surface area contributed by atoms with E-state index in [4.69, 9.17) is 0 Å². The van der Waals surface area contributed by atoms with E-state index in [-0.39, 0.29) is 5.78 Å². The first-order valence-electron chi connectivity index (χ1n) is 6.20. The molecule has 0 amide bonds. The molecule has 0 atom stereocenters. The van der Waals surface area contributed by atoms with E-state index in [1.165, 1.54) is 0 Å². The quantitative estimate of drug-likeness (QED) is 0.429. The molecule has 0 aliphatic rings. The second kappa shape index (κ2) is 6.94. The summed E-state index contributed by atoms with van der Waals surface area (Å²) in [5, 5.41) is 0. The van der Waals surface area contributed by atoms with Gasteiger partial charge in [0.2, 0.25) is 0 Å². The van der Waals surface area contributed by atoms with Crippen LogP contribution in [0.5, 0.6) is 0 Å². The number of hydrogen-bond acceptors (Lipinski definition) is 3. The molecule has 1 aromatic rings. The minimum Gasteiger partial charge on any atom is -0.292 e. The molecule has 17 heavy (non-hydrogen) atoms. The van der Waals surface area contributed by atoms with E-state index in [1.54, 1.807) is 6.07 Å². The maximum Gasteiger partial charge on any atom is 0.180 e. The maximum absolute atomic E-state index is 11.5. The first-order chi connectivity index (χ1) is 8.19. The van der Waals surface area contributed by atoms with E-state index in [0.717, 1.165) is 30.8 Å².